The fraction of sp³-hybridized carbons (Fsp3) is 0.667. The zero-order valence-corrected chi connectivity index (χ0v) is 15.0. The van der Waals surface area contributed by atoms with Gasteiger partial charge in [0.25, 0.3) is 5.91 Å². The lowest BCUT2D eigenvalue weighted by Gasteiger charge is -2.26. The molecule has 2 N–H and O–H groups in total. The first-order valence-electron chi connectivity index (χ1n) is 8.79. The van der Waals surface area contributed by atoms with E-state index in [1.165, 1.54) is 9.78 Å². The third-order valence-electron chi connectivity index (χ3n) is 4.98. The first-order chi connectivity index (χ1) is 11.6. The number of ether oxygens (including phenoxy) is 1. The normalized spacial score (nSPS) is 24.1. The van der Waals surface area contributed by atoms with Gasteiger partial charge in [-0.2, -0.15) is 5.26 Å². The van der Waals surface area contributed by atoms with Crippen LogP contribution < -0.4 is 10.2 Å². The maximum absolute atomic E-state index is 12.5. The van der Waals surface area contributed by atoms with E-state index in [4.69, 9.17) is 4.74 Å². The first-order valence-corrected chi connectivity index (χ1v) is 9.67. The zero-order valence-electron chi connectivity index (χ0n) is 14.2. The molecule has 2 fully saturated rings. The van der Waals surface area contributed by atoms with Gasteiger partial charge in [-0.25, -0.2) is 0 Å². The van der Waals surface area contributed by atoms with E-state index in [2.05, 4.69) is 22.8 Å². The van der Waals surface area contributed by atoms with Gasteiger partial charge in [0, 0.05) is 6.61 Å². The lowest BCUT2D eigenvalue weighted by molar-refractivity contribution is -0.908. The monoisotopic (exact) mass is 348 g/mol. The standard InChI is InChI=1S/C18H25N3O2S/c1-18(13-19,14-6-7-14)20-17(22)12-21(10-15-4-2-8-23-15)11-16-5-3-9-24-16/h3,5,9,14-15H,2,4,6-8,10-12H2,1H3,(H,20,22)/p+1/t15-,18-/m0/s1. The first kappa shape index (κ1) is 17.4. The van der Waals surface area contributed by atoms with E-state index in [0.717, 1.165) is 45.4 Å². The molecule has 6 heteroatoms. The van der Waals surface area contributed by atoms with Crippen LogP contribution in [-0.4, -0.2) is 37.2 Å². The molecule has 2 aliphatic rings. The number of carbonyl (C=O) groups is 1. The Labute approximate surface area is 147 Å². The molecule has 0 bridgehead atoms. The number of nitrogens with one attached hydrogen (secondary N) is 2. The van der Waals surface area contributed by atoms with Crippen LogP contribution in [-0.2, 0) is 16.1 Å². The van der Waals surface area contributed by atoms with Crippen LogP contribution in [0.3, 0.4) is 0 Å². The van der Waals surface area contributed by atoms with Crippen molar-refractivity contribution in [1.82, 2.24) is 5.32 Å². The number of thiophene rings is 1. The predicted octanol–water partition coefficient (Wildman–Crippen LogP) is 1.12. The highest BCUT2D eigenvalue weighted by Gasteiger charge is 2.43. The molecule has 0 aromatic carbocycles. The van der Waals surface area contributed by atoms with Gasteiger partial charge in [-0.15, -0.1) is 11.3 Å². The molecular weight excluding hydrogens is 322 g/mol. The van der Waals surface area contributed by atoms with Crippen molar-refractivity contribution in [3.8, 4) is 6.07 Å². The average molecular weight is 348 g/mol. The SMILES string of the molecule is C[C@@](C#N)(NC(=O)C[NH+](Cc1cccs1)C[C@@H]1CCCO1)C1CC1. The summed E-state index contributed by atoms with van der Waals surface area (Å²) in [5.74, 6) is 0.279. The minimum Gasteiger partial charge on any atom is -0.372 e. The number of quaternary nitrogens is 1. The van der Waals surface area contributed by atoms with Crippen LogP contribution in [0.2, 0.25) is 0 Å². The van der Waals surface area contributed by atoms with Gasteiger partial charge in [-0.3, -0.25) is 4.79 Å². The highest BCUT2D eigenvalue weighted by Crippen LogP contribution is 2.39. The molecule has 1 aromatic rings. The summed E-state index contributed by atoms with van der Waals surface area (Å²) in [6.07, 6.45) is 4.50. The summed E-state index contributed by atoms with van der Waals surface area (Å²) in [4.78, 5) is 15.0. The molecule has 0 spiro atoms. The van der Waals surface area contributed by atoms with Crippen LogP contribution in [0.1, 0.15) is 37.5 Å². The van der Waals surface area contributed by atoms with Crippen LogP contribution in [0.4, 0.5) is 0 Å². The molecule has 24 heavy (non-hydrogen) atoms. The summed E-state index contributed by atoms with van der Waals surface area (Å²) in [5, 5.41) is 14.5. The number of nitriles is 1. The summed E-state index contributed by atoms with van der Waals surface area (Å²) < 4.78 is 5.75. The van der Waals surface area contributed by atoms with E-state index in [-0.39, 0.29) is 12.0 Å². The number of amides is 1. The molecule has 1 aromatic heterocycles. The Morgan fingerprint density at radius 3 is 2.96 bits per heavy atom. The molecule has 3 rings (SSSR count). The van der Waals surface area contributed by atoms with E-state index in [1.54, 1.807) is 11.3 Å². The molecule has 2 heterocycles. The van der Waals surface area contributed by atoms with Gasteiger partial charge >= 0.3 is 0 Å². The van der Waals surface area contributed by atoms with Crippen molar-refractivity contribution in [2.24, 2.45) is 5.92 Å². The van der Waals surface area contributed by atoms with Crippen molar-refractivity contribution < 1.29 is 14.4 Å². The highest BCUT2D eigenvalue weighted by molar-refractivity contribution is 7.09. The minimum absolute atomic E-state index is 0.0319. The Hall–Kier alpha value is -1.42. The second kappa shape index (κ2) is 7.64. The molecule has 3 atom stereocenters. The number of carbonyl (C=O) groups excluding carboxylic acids is 1. The van der Waals surface area contributed by atoms with Gasteiger partial charge in [-0.1, -0.05) is 6.07 Å². The average Bonchev–Trinajstić information content (AvgIpc) is 3.07. The second-order valence-corrected chi connectivity index (χ2v) is 8.19. The molecule has 130 valence electrons. The number of hydrogen-bond acceptors (Lipinski definition) is 4. The van der Waals surface area contributed by atoms with E-state index >= 15 is 0 Å². The van der Waals surface area contributed by atoms with E-state index < -0.39 is 5.54 Å². The molecule has 0 radical (unpaired) electrons. The van der Waals surface area contributed by atoms with Gasteiger partial charge in [0.15, 0.2) is 6.54 Å². The van der Waals surface area contributed by atoms with Crippen LogP contribution in [0.15, 0.2) is 17.5 Å². The van der Waals surface area contributed by atoms with E-state index in [1.807, 2.05) is 13.0 Å². The Morgan fingerprint density at radius 1 is 1.54 bits per heavy atom. The lowest BCUT2D eigenvalue weighted by Crippen LogP contribution is -3.13. The van der Waals surface area contributed by atoms with Crippen LogP contribution in [0, 0.1) is 17.2 Å². The summed E-state index contributed by atoms with van der Waals surface area (Å²) >= 11 is 1.72. The molecule has 5 nitrogen and oxygen atoms in total. The quantitative estimate of drug-likeness (QED) is 0.740. The Bertz CT molecular complexity index is 588. The molecule has 1 saturated carbocycles. The minimum atomic E-state index is -0.713. The van der Waals surface area contributed by atoms with Crippen molar-refractivity contribution in [3.63, 3.8) is 0 Å². The molecular formula is C18H26N3O2S+. The van der Waals surface area contributed by atoms with Gasteiger partial charge in [0.1, 0.15) is 24.7 Å². The van der Waals surface area contributed by atoms with Crippen molar-refractivity contribution in [2.45, 2.75) is 50.8 Å². The summed E-state index contributed by atoms with van der Waals surface area (Å²) in [6, 6.07) is 6.46. The number of rotatable bonds is 8. The third kappa shape index (κ3) is 4.56. The molecule has 1 aliphatic carbocycles. The Morgan fingerprint density at radius 2 is 2.38 bits per heavy atom. The highest BCUT2D eigenvalue weighted by atomic mass is 32.1. The number of hydrogen-bond donors (Lipinski definition) is 2. The topological polar surface area (TPSA) is 66.6 Å². The van der Waals surface area contributed by atoms with Crippen LogP contribution in [0.25, 0.3) is 0 Å². The van der Waals surface area contributed by atoms with Crippen molar-refractivity contribution in [3.05, 3.63) is 22.4 Å². The smallest absolute Gasteiger partial charge is 0.276 e. The largest absolute Gasteiger partial charge is 0.372 e. The molecule has 1 amide bonds. The lowest BCUT2D eigenvalue weighted by atomic mass is 9.98. The maximum atomic E-state index is 12.5. The maximum Gasteiger partial charge on any atom is 0.276 e. The van der Waals surface area contributed by atoms with Crippen molar-refractivity contribution in [1.29, 1.82) is 5.26 Å². The Kier molecular flexibility index (Phi) is 5.54. The number of nitrogens with zero attached hydrogens (tertiary/aromatic N) is 1. The molecule has 1 saturated heterocycles. The van der Waals surface area contributed by atoms with Crippen molar-refractivity contribution in [2.75, 3.05) is 19.7 Å². The van der Waals surface area contributed by atoms with E-state index in [0.29, 0.717) is 12.5 Å². The van der Waals surface area contributed by atoms with Crippen LogP contribution in [0.5, 0.6) is 0 Å². The molecule has 1 aliphatic heterocycles. The molecule has 1 unspecified atom stereocenters. The van der Waals surface area contributed by atoms with Gasteiger partial charge in [0.2, 0.25) is 0 Å². The summed E-state index contributed by atoms with van der Waals surface area (Å²) in [6.45, 7) is 4.75. The Balaban J connectivity index is 1.59. The van der Waals surface area contributed by atoms with Gasteiger partial charge < -0.3 is 15.0 Å². The summed E-state index contributed by atoms with van der Waals surface area (Å²) in [7, 11) is 0. The predicted molar refractivity (Wildman–Crippen MR) is 92.6 cm³/mol. The fourth-order valence-electron chi connectivity index (χ4n) is 3.44. The van der Waals surface area contributed by atoms with Gasteiger partial charge in [0.05, 0.1) is 10.9 Å². The van der Waals surface area contributed by atoms with Crippen molar-refractivity contribution >= 4 is 17.2 Å². The van der Waals surface area contributed by atoms with Crippen LogP contribution >= 0.6 is 11.3 Å². The second-order valence-electron chi connectivity index (χ2n) is 7.16. The zero-order chi connectivity index (χ0) is 17.0. The third-order valence-corrected chi connectivity index (χ3v) is 5.86. The fourth-order valence-corrected chi connectivity index (χ4v) is 4.21. The summed E-state index contributed by atoms with van der Waals surface area (Å²) in [5.41, 5.74) is -0.713. The van der Waals surface area contributed by atoms with E-state index in [9.17, 15) is 10.1 Å². The van der Waals surface area contributed by atoms with Gasteiger partial charge in [-0.05, 0) is 50.0 Å².